The van der Waals surface area contributed by atoms with Crippen LogP contribution in [0.1, 0.15) is 17.7 Å². The van der Waals surface area contributed by atoms with Gasteiger partial charge < -0.3 is 9.47 Å². The molecule has 0 spiro atoms. The van der Waals surface area contributed by atoms with Gasteiger partial charge in [0.05, 0.1) is 0 Å². The zero-order chi connectivity index (χ0) is 16.9. The third-order valence-electron chi connectivity index (χ3n) is 4.62. The average molecular weight is 349 g/mol. The first-order valence-electron chi connectivity index (χ1n) is 8.46. The van der Waals surface area contributed by atoms with Crippen LogP contribution in [0.2, 0.25) is 0 Å². The highest BCUT2D eigenvalue weighted by atomic mass is 32.1. The minimum atomic E-state index is -0.181. The van der Waals surface area contributed by atoms with Crippen molar-refractivity contribution in [2.45, 2.75) is 26.4 Å². The van der Waals surface area contributed by atoms with E-state index in [2.05, 4.69) is 9.80 Å². The van der Waals surface area contributed by atoms with E-state index in [1.54, 1.807) is 0 Å². The van der Waals surface area contributed by atoms with Crippen molar-refractivity contribution >= 4 is 11.3 Å². The number of aromatic nitrogens is 1. The Morgan fingerprint density at radius 1 is 1.04 bits per heavy atom. The van der Waals surface area contributed by atoms with Crippen molar-refractivity contribution in [1.29, 1.82) is 0 Å². The fraction of sp³-hybridized carbons (Fsp3) is 0.500. The highest BCUT2D eigenvalue weighted by Gasteiger charge is 2.15. The first-order chi connectivity index (χ1) is 11.6. The van der Waals surface area contributed by atoms with Gasteiger partial charge in [-0.1, -0.05) is 23.5 Å². The molecule has 0 N–H and O–H groups in total. The third-order valence-corrected chi connectivity index (χ3v) is 5.50. The van der Waals surface area contributed by atoms with Crippen LogP contribution in [0.5, 0.6) is 0 Å². The molecule has 1 aliphatic heterocycles. The molecule has 0 bridgehead atoms. The van der Waals surface area contributed by atoms with Gasteiger partial charge in [-0.2, -0.15) is 0 Å². The molecule has 1 saturated heterocycles. The van der Waals surface area contributed by atoms with E-state index in [1.807, 2.05) is 29.0 Å². The van der Waals surface area contributed by atoms with Gasteiger partial charge in [0.1, 0.15) is 5.82 Å². The SMILES string of the molecule is Cc1csc(=O)n1CCN1CCCN(Cc2ccc(F)cc2)CC1. The summed E-state index contributed by atoms with van der Waals surface area (Å²) in [6.45, 7) is 8.70. The maximum Gasteiger partial charge on any atom is 0.307 e. The molecule has 4 nitrogen and oxygen atoms in total. The van der Waals surface area contributed by atoms with Crippen LogP contribution in [0.25, 0.3) is 0 Å². The predicted octanol–water partition coefficient (Wildman–Crippen LogP) is 2.57. The molecule has 1 aliphatic rings. The van der Waals surface area contributed by atoms with Gasteiger partial charge in [0.2, 0.25) is 0 Å². The van der Waals surface area contributed by atoms with Crippen molar-refractivity contribution in [3.8, 4) is 0 Å². The molecule has 2 heterocycles. The van der Waals surface area contributed by atoms with Crippen LogP contribution < -0.4 is 4.87 Å². The van der Waals surface area contributed by atoms with Crippen LogP contribution in [0.3, 0.4) is 0 Å². The van der Waals surface area contributed by atoms with Crippen molar-refractivity contribution in [3.63, 3.8) is 0 Å². The normalized spacial score (nSPS) is 17.1. The van der Waals surface area contributed by atoms with Gasteiger partial charge in [-0.3, -0.25) is 9.69 Å². The summed E-state index contributed by atoms with van der Waals surface area (Å²) in [5.74, 6) is -0.181. The topological polar surface area (TPSA) is 28.5 Å². The molecular formula is C18H24FN3OS. The van der Waals surface area contributed by atoms with Crippen LogP contribution in [0, 0.1) is 12.7 Å². The van der Waals surface area contributed by atoms with E-state index in [4.69, 9.17) is 0 Å². The number of nitrogens with zero attached hydrogens (tertiary/aromatic N) is 3. The number of thiazole rings is 1. The summed E-state index contributed by atoms with van der Waals surface area (Å²) in [5, 5.41) is 1.93. The van der Waals surface area contributed by atoms with E-state index in [0.29, 0.717) is 0 Å². The Kier molecular flexibility index (Phi) is 5.81. The fourth-order valence-electron chi connectivity index (χ4n) is 3.17. The molecule has 1 aromatic heterocycles. The lowest BCUT2D eigenvalue weighted by atomic mass is 10.2. The Morgan fingerprint density at radius 3 is 2.46 bits per heavy atom. The molecule has 130 valence electrons. The molecular weight excluding hydrogens is 325 g/mol. The molecule has 1 aromatic carbocycles. The molecule has 0 amide bonds. The Labute approximate surface area is 146 Å². The molecule has 24 heavy (non-hydrogen) atoms. The summed E-state index contributed by atoms with van der Waals surface area (Å²) in [5.41, 5.74) is 2.21. The van der Waals surface area contributed by atoms with Crippen molar-refractivity contribution in [2.75, 3.05) is 32.7 Å². The summed E-state index contributed by atoms with van der Waals surface area (Å²) >= 11 is 1.28. The third kappa shape index (κ3) is 4.53. The zero-order valence-electron chi connectivity index (χ0n) is 14.1. The van der Waals surface area contributed by atoms with E-state index < -0.39 is 0 Å². The lowest BCUT2D eigenvalue weighted by Gasteiger charge is -2.22. The second-order valence-corrected chi connectivity index (χ2v) is 7.21. The van der Waals surface area contributed by atoms with Crippen LogP contribution in [0.15, 0.2) is 34.4 Å². The van der Waals surface area contributed by atoms with E-state index in [-0.39, 0.29) is 10.7 Å². The molecule has 6 heteroatoms. The predicted molar refractivity (Wildman–Crippen MR) is 96.1 cm³/mol. The lowest BCUT2D eigenvalue weighted by molar-refractivity contribution is 0.245. The minimum absolute atomic E-state index is 0.139. The average Bonchev–Trinajstić information content (AvgIpc) is 2.76. The molecule has 1 fully saturated rings. The second kappa shape index (κ2) is 8.05. The van der Waals surface area contributed by atoms with E-state index in [9.17, 15) is 9.18 Å². The summed E-state index contributed by atoms with van der Waals surface area (Å²) in [4.78, 5) is 16.8. The smallest absolute Gasteiger partial charge is 0.302 e. The van der Waals surface area contributed by atoms with E-state index in [0.717, 1.165) is 63.5 Å². The fourth-order valence-corrected chi connectivity index (χ4v) is 3.93. The number of halogens is 1. The Balaban J connectivity index is 1.49. The molecule has 0 atom stereocenters. The molecule has 0 unspecified atom stereocenters. The highest BCUT2D eigenvalue weighted by molar-refractivity contribution is 7.07. The standard InChI is InChI=1S/C18H24FN3OS/c1-15-14-24-18(23)22(15)12-11-20-7-2-8-21(10-9-20)13-16-3-5-17(19)6-4-16/h3-6,14H,2,7-13H2,1H3. The molecule has 2 aromatic rings. The van der Waals surface area contributed by atoms with Gasteiger partial charge in [0.15, 0.2) is 0 Å². The highest BCUT2D eigenvalue weighted by Crippen LogP contribution is 2.10. The molecule has 0 saturated carbocycles. The minimum Gasteiger partial charge on any atom is -0.302 e. The summed E-state index contributed by atoms with van der Waals surface area (Å²) in [6.07, 6.45) is 1.12. The van der Waals surface area contributed by atoms with Gasteiger partial charge >= 0.3 is 4.87 Å². The number of hydrogen-bond acceptors (Lipinski definition) is 4. The van der Waals surface area contributed by atoms with Crippen molar-refractivity contribution in [2.24, 2.45) is 0 Å². The molecule has 0 aliphatic carbocycles. The summed E-state index contributed by atoms with van der Waals surface area (Å²) in [7, 11) is 0. The molecule has 0 radical (unpaired) electrons. The first kappa shape index (κ1) is 17.3. The monoisotopic (exact) mass is 349 g/mol. The van der Waals surface area contributed by atoms with Crippen LogP contribution in [-0.2, 0) is 13.1 Å². The van der Waals surface area contributed by atoms with Crippen molar-refractivity contribution in [3.05, 3.63) is 56.4 Å². The van der Waals surface area contributed by atoms with Crippen molar-refractivity contribution < 1.29 is 4.39 Å². The quantitative estimate of drug-likeness (QED) is 0.831. The number of hydrogen-bond donors (Lipinski definition) is 0. The number of benzene rings is 1. The number of rotatable bonds is 5. The van der Waals surface area contributed by atoms with Crippen molar-refractivity contribution in [1.82, 2.24) is 14.4 Å². The largest absolute Gasteiger partial charge is 0.307 e. The van der Waals surface area contributed by atoms with Gasteiger partial charge in [0.25, 0.3) is 0 Å². The summed E-state index contributed by atoms with van der Waals surface area (Å²) < 4.78 is 14.9. The van der Waals surface area contributed by atoms with Gasteiger partial charge in [-0.05, 0) is 44.1 Å². The first-order valence-corrected chi connectivity index (χ1v) is 9.34. The number of aryl methyl sites for hydroxylation is 1. The maximum absolute atomic E-state index is 13.0. The van der Waals surface area contributed by atoms with Crippen LogP contribution in [-0.4, -0.2) is 47.1 Å². The van der Waals surface area contributed by atoms with Gasteiger partial charge in [0, 0.05) is 43.8 Å². The molecule has 3 rings (SSSR count). The summed E-state index contributed by atoms with van der Waals surface area (Å²) in [6, 6.07) is 6.79. The van der Waals surface area contributed by atoms with Gasteiger partial charge in [-0.25, -0.2) is 4.39 Å². The Hall–Kier alpha value is -1.50. The Bertz CT molecular complexity index is 710. The van der Waals surface area contributed by atoms with E-state index >= 15 is 0 Å². The maximum atomic E-state index is 13.0. The van der Waals surface area contributed by atoms with Crippen LogP contribution in [0.4, 0.5) is 4.39 Å². The lowest BCUT2D eigenvalue weighted by Crippen LogP contribution is -2.33. The van der Waals surface area contributed by atoms with E-state index in [1.165, 1.54) is 23.5 Å². The second-order valence-electron chi connectivity index (χ2n) is 6.39. The van der Waals surface area contributed by atoms with Crippen LogP contribution >= 0.6 is 11.3 Å². The Morgan fingerprint density at radius 2 is 1.75 bits per heavy atom. The van der Waals surface area contributed by atoms with Gasteiger partial charge in [-0.15, -0.1) is 0 Å². The zero-order valence-corrected chi connectivity index (χ0v) is 14.9.